The van der Waals surface area contributed by atoms with E-state index < -0.39 is 0 Å². The van der Waals surface area contributed by atoms with Crippen molar-refractivity contribution >= 4 is 5.97 Å². The van der Waals surface area contributed by atoms with Crippen LogP contribution in [0.3, 0.4) is 0 Å². The zero-order chi connectivity index (χ0) is 23.5. The molecule has 0 aromatic heterocycles. The smallest absolute Gasteiger partial charge is 0.307 e. The van der Waals surface area contributed by atoms with Crippen molar-refractivity contribution in [1.82, 2.24) is 0 Å². The molecule has 0 saturated heterocycles. The van der Waals surface area contributed by atoms with Gasteiger partial charge in [-0.2, -0.15) is 0 Å². The average Bonchev–Trinajstić information content (AvgIpc) is 2.73. The molecule has 0 rings (SSSR count). The summed E-state index contributed by atoms with van der Waals surface area (Å²) >= 11 is 0. The lowest BCUT2D eigenvalue weighted by atomic mass is 9.97. The Hall–Kier alpha value is -1.79. The van der Waals surface area contributed by atoms with Crippen molar-refractivity contribution < 1.29 is 29.2 Å². The molecule has 31 heavy (non-hydrogen) atoms. The van der Waals surface area contributed by atoms with Crippen LogP contribution in [0.2, 0.25) is 0 Å². The van der Waals surface area contributed by atoms with Gasteiger partial charge in [0, 0.05) is 20.1 Å². The van der Waals surface area contributed by atoms with E-state index in [0.29, 0.717) is 5.92 Å². The van der Waals surface area contributed by atoms with Crippen molar-refractivity contribution in [3.8, 4) is 0 Å². The number of aliphatic hydroxyl groups is 2. The molecule has 0 aromatic carbocycles. The standard InChI is InChI=1S/C12H22O2.C8H18O2.C4H6O2.CH4/c1-4-12(9-11-14-6-3)8-7-10-13-5-2;1-2-8(5-7-10)4-3-6-9;1-3-6-4(2)5;/h5-6,12H,2-4,7-11H2,1H3;8-10H,2-7H2,1H3;3H,1H2,2H3;1H4. The second-order valence-corrected chi connectivity index (χ2v) is 6.71. The van der Waals surface area contributed by atoms with E-state index in [1.807, 2.05) is 0 Å². The molecule has 2 unspecified atom stereocenters. The van der Waals surface area contributed by atoms with Gasteiger partial charge < -0.3 is 24.4 Å². The summed E-state index contributed by atoms with van der Waals surface area (Å²) in [5.74, 6) is 1.02. The number of hydrogen-bond donors (Lipinski definition) is 2. The molecule has 0 aromatic rings. The molecule has 0 spiro atoms. The van der Waals surface area contributed by atoms with E-state index in [9.17, 15) is 4.79 Å². The van der Waals surface area contributed by atoms with Crippen LogP contribution in [-0.2, 0) is 19.0 Å². The van der Waals surface area contributed by atoms with Gasteiger partial charge >= 0.3 is 5.97 Å². The molecule has 0 bridgehead atoms. The molecule has 0 aliphatic carbocycles. The van der Waals surface area contributed by atoms with Crippen LogP contribution in [-0.4, -0.2) is 42.6 Å². The molecule has 2 atom stereocenters. The molecule has 0 amide bonds. The zero-order valence-electron chi connectivity index (χ0n) is 19.5. The van der Waals surface area contributed by atoms with Crippen LogP contribution in [0.4, 0.5) is 0 Å². The normalized spacial score (nSPS) is 11.0. The zero-order valence-corrected chi connectivity index (χ0v) is 19.5. The number of esters is 1. The first kappa shape index (κ1) is 36.6. The largest absolute Gasteiger partial charge is 0.502 e. The minimum absolute atomic E-state index is 0. The number of ether oxygens (including phenoxy) is 3. The van der Waals surface area contributed by atoms with Gasteiger partial charge in [0.1, 0.15) is 0 Å². The lowest BCUT2D eigenvalue weighted by molar-refractivity contribution is -0.135. The average molecular weight is 447 g/mol. The highest BCUT2D eigenvalue weighted by molar-refractivity contribution is 5.66. The summed E-state index contributed by atoms with van der Waals surface area (Å²) in [6.45, 7) is 18.0. The molecule has 0 fully saturated rings. The molecule has 0 aliphatic rings. The predicted molar refractivity (Wildman–Crippen MR) is 130 cm³/mol. The summed E-state index contributed by atoms with van der Waals surface area (Å²) in [6.07, 6.45) is 12.6. The monoisotopic (exact) mass is 446 g/mol. The molecular weight excluding hydrogens is 396 g/mol. The lowest BCUT2D eigenvalue weighted by Gasteiger charge is -2.13. The topological polar surface area (TPSA) is 85.2 Å². The third-order valence-electron chi connectivity index (χ3n) is 4.47. The highest BCUT2D eigenvalue weighted by Crippen LogP contribution is 2.15. The first-order valence-corrected chi connectivity index (χ1v) is 10.9. The highest BCUT2D eigenvalue weighted by atomic mass is 16.5. The minimum atomic E-state index is -0.329. The van der Waals surface area contributed by atoms with Crippen LogP contribution in [0.5, 0.6) is 0 Å². The summed E-state index contributed by atoms with van der Waals surface area (Å²) in [5, 5.41) is 17.1. The van der Waals surface area contributed by atoms with E-state index >= 15 is 0 Å². The number of hydrogen-bond acceptors (Lipinski definition) is 6. The molecule has 0 saturated carbocycles. The third-order valence-corrected chi connectivity index (χ3v) is 4.47. The first-order valence-electron chi connectivity index (χ1n) is 10.9. The Bertz CT molecular complexity index is 384. The fraction of sp³-hybridized carbons (Fsp3) is 0.720. The Morgan fingerprint density at radius 2 is 1.32 bits per heavy atom. The van der Waals surface area contributed by atoms with E-state index in [1.54, 1.807) is 0 Å². The van der Waals surface area contributed by atoms with Crippen molar-refractivity contribution in [2.24, 2.45) is 11.8 Å². The fourth-order valence-corrected chi connectivity index (χ4v) is 2.64. The van der Waals surface area contributed by atoms with Gasteiger partial charge in [0.25, 0.3) is 0 Å². The Kier molecular flexibility index (Phi) is 38.8. The Morgan fingerprint density at radius 3 is 1.71 bits per heavy atom. The predicted octanol–water partition coefficient (Wildman–Crippen LogP) is 6.00. The van der Waals surface area contributed by atoms with Crippen LogP contribution in [0.15, 0.2) is 38.5 Å². The maximum Gasteiger partial charge on any atom is 0.307 e. The minimum Gasteiger partial charge on any atom is -0.502 e. The van der Waals surface area contributed by atoms with Gasteiger partial charge in [-0.1, -0.05) is 53.9 Å². The van der Waals surface area contributed by atoms with Crippen molar-refractivity contribution in [1.29, 1.82) is 0 Å². The molecule has 2 N–H and O–H groups in total. The van der Waals surface area contributed by atoms with Crippen molar-refractivity contribution in [2.45, 2.75) is 79.6 Å². The van der Waals surface area contributed by atoms with Crippen molar-refractivity contribution in [3.05, 3.63) is 38.5 Å². The number of carbonyl (C=O) groups is 1. The molecule has 6 nitrogen and oxygen atoms in total. The summed E-state index contributed by atoms with van der Waals surface area (Å²) in [7, 11) is 0. The van der Waals surface area contributed by atoms with Crippen LogP contribution >= 0.6 is 0 Å². The second kappa shape index (κ2) is 32.9. The maximum atomic E-state index is 9.75. The number of carbonyl (C=O) groups excluding carboxylic acids is 1. The summed E-state index contributed by atoms with van der Waals surface area (Å²) < 4.78 is 14.3. The van der Waals surface area contributed by atoms with Gasteiger partial charge in [0.05, 0.1) is 32.0 Å². The Labute approximate surface area is 192 Å². The summed E-state index contributed by atoms with van der Waals surface area (Å²) in [5.41, 5.74) is 0. The van der Waals surface area contributed by atoms with Gasteiger partial charge in [-0.25, -0.2) is 0 Å². The van der Waals surface area contributed by atoms with Gasteiger partial charge in [-0.3, -0.25) is 4.79 Å². The van der Waals surface area contributed by atoms with E-state index in [0.717, 1.165) is 63.9 Å². The molecule has 0 heterocycles. The SMILES string of the molecule is C.C=COC(C)=O.C=COCCCC(CC)CCOC=C.CCC(CCO)CCCO. The van der Waals surface area contributed by atoms with Crippen LogP contribution < -0.4 is 0 Å². The van der Waals surface area contributed by atoms with Crippen LogP contribution in [0.25, 0.3) is 0 Å². The van der Waals surface area contributed by atoms with Crippen LogP contribution in [0, 0.1) is 11.8 Å². The third kappa shape index (κ3) is 36.0. The van der Waals surface area contributed by atoms with Gasteiger partial charge in [-0.05, 0) is 50.4 Å². The quantitative estimate of drug-likeness (QED) is 0.162. The molecular formula is C25H50O6. The molecule has 6 heteroatoms. The number of rotatable bonds is 17. The Balaban J connectivity index is -0.000000188. The van der Waals surface area contributed by atoms with Crippen molar-refractivity contribution in [2.75, 3.05) is 26.4 Å². The fourth-order valence-electron chi connectivity index (χ4n) is 2.64. The van der Waals surface area contributed by atoms with Gasteiger partial charge in [-0.15, -0.1) is 0 Å². The summed E-state index contributed by atoms with van der Waals surface area (Å²) in [4.78, 5) is 9.75. The molecule has 0 radical (unpaired) electrons. The van der Waals surface area contributed by atoms with Gasteiger partial charge in [0.2, 0.25) is 0 Å². The van der Waals surface area contributed by atoms with E-state index in [2.05, 4.69) is 38.3 Å². The molecule has 186 valence electrons. The lowest BCUT2D eigenvalue weighted by Crippen LogP contribution is -2.04. The number of aliphatic hydroxyl groups excluding tert-OH is 2. The van der Waals surface area contributed by atoms with E-state index in [1.165, 1.54) is 32.3 Å². The first-order chi connectivity index (χ1) is 14.5. The maximum absolute atomic E-state index is 9.75. The molecule has 0 aliphatic heterocycles. The van der Waals surface area contributed by atoms with E-state index in [4.69, 9.17) is 19.7 Å². The van der Waals surface area contributed by atoms with Crippen molar-refractivity contribution in [3.63, 3.8) is 0 Å². The van der Waals surface area contributed by atoms with Gasteiger partial charge in [0.15, 0.2) is 0 Å². The highest BCUT2D eigenvalue weighted by Gasteiger charge is 2.05. The van der Waals surface area contributed by atoms with E-state index in [-0.39, 0.29) is 26.6 Å². The summed E-state index contributed by atoms with van der Waals surface area (Å²) in [6, 6.07) is 0. The Morgan fingerprint density at radius 1 is 0.806 bits per heavy atom. The second-order valence-electron chi connectivity index (χ2n) is 6.71. The van der Waals surface area contributed by atoms with Crippen LogP contribution in [0.1, 0.15) is 79.6 Å².